The van der Waals surface area contributed by atoms with Gasteiger partial charge in [0.2, 0.25) is 0 Å². The van der Waals surface area contributed by atoms with Gasteiger partial charge in [0.1, 0.15) is 46.1 Å². The van der Waals surface area contributed by atoms with Crippen molar-refractivity contribution in [3.8, 4) is 123 Å². The van der Waals surface area contributed by atoms with Gasteiger partial charge in [0.15, 0.2) is 0 Å². The molecule has 127 heavy (non-hydrogen) atoms. The van der Waals surface area contributed by atoms with E-state index < -0.39 is 59.3 Å². The summed E-state index contributed by atoms with van der Waals surface area (Å²) in [6.07, 6.45) is 11.4. The number of benzene rings is 11. The third-order valence-electron chi connectivity index (χ3n) is 24.7. The minimum Gasteiger partial charge on any atom is -0.477 e. The van der Waals surface area contributed by atoms with Gasteiger partial charge in [0, 0.05) is 146 Å². The number of fused-ring (bicyclic) bond motifs is 15. The van der Waals surface area contributed by atoms with Crippen LogP contribution in [0.2, 0.25) is 64.3 Å². The van der Waals surface area contributed by atoms with Gasteiger partial charge in [0.05, 0.1) is 0 Å². The van der Waals surface area contributed by atoms with Gasteiger partial charge in [-0.3, -0.25) is 0 Å². The minimum absolute atomic E-state index is 0. The Morgan fingerprint density at radius 1 is 0.283 bits per heavy atom. The summed E-state index contributed by atoms with van der Waals surface area (Å²) in [6, 6.07) is 125. The molecule has 0 atom stereocenters. The zero-order valence-corrected chi connectivity index (χ0v) is 88.1. The van der Waals surface area contributed by atoms with Crippen LogP contribution in [0, 0.1) is 30.3 Å². The number of hydrogen-bond donors (Lipinski definition) is 1. The molecule has 6 aromatic heterocycles. The Labute approximate surface area is 828 Å². The Morgan fingerprint density at radius 2 is 0.575 bits per heavy atom. The van der Waals surface area contributed by atoms with Gasteiger partial charge in [-0.25, -0.2) is 9.78 Å². The molecule has 0 fully saturated rings. The van der Waals surface area contributed by atoms with Gasteiger partial charge in [0.25, 0.3) is 0 Å². The molecule has 5 radical (unpaired) electrons. The molecule has 22 rings (SSSR count). The number of nitrogens with zero attached hydrogens (tertiary/aromatic N) is 6. The van der Waals surface area contributed by atoms with Crippen molar-refractivity contribution in [1.29, 1.82) is 0 Å². The summed E-state index contributed by atoms with van der Waals surface area (Å²) in [4.78, 5) is 37.2. The molecular weight excluding hydrogens is 2530 g/mol. The minimum atomic E-state index is -4.07. The molecule has 5 aliphatic heterocycles. The number of carboxylic acids is 1. The van der Waals surface area contributed by atoms with Crippen molar-refractivity contribution in [2.24, 2.45) is 0 Å². The van der Waals surface area contributed by atoms with Crippen molar-refractivity contribution >= 4 is 98.2 Å². The maximum absolute atomic E-state index is 10.1. The topological polar surface area (TPSA) is 115 Å². The van der Waals surface area contributed by atoms with Gasteiger partial charge in [-0.15, -0.1) is 179 Å². The predicted molar refractivity (Wildman–Crippen MR) is 519 cm³/mol. The number of carbonyl (C=O) groups is 1. The van der Waals surface area contributed by atoms with Crippen LogP contribution in [0.1, 0.15) is 32.6 Å². The van der Waals surface area contributed by atoms with Gasteiger partial charge in [-0.2, -0.15) is 0 Å². The van der Waals surface area contributed by atoms with Gasteiger partial charge >= 0.3 is 5.97 Å². The van der Waals surface area contributed by atoms with E-state index in [4.69, 9.17) is 33.3 Å². The molecular formula is C109H93Ir5N6O2Si5-5. The first-order chi connectivity index (χ1) is 61.8. The van der Waals surface area contributed by atoms with E-state index in [0.29, 0.717) is 27.2 Å². The fourth-order valence-electron chi connectivity index (χ4n) is 18.1. The van der Waals surface area contributed by atoms with Crippen molar-refractivity contribution in [2.45, 2.75) is 78.2 Å². The fourth-order valence-corrected chi connectivity index (χ4v) is 33.6. The van der Waals surface area contributed by atoms with Crippen LogP contribution in [0.5, 0.6) is 0 Å². The van der Waals surface area contributed by atoms with E-state index in [-0.39, 0.29) is 106 Å². The molecule has 1 N–H and O–H groups in total. The van der Waals surface area contributed by atoms with Crippen molar-refractivity contribution in [3.63, 3.8) is 0 Å². The Hall–Kier alpha value is -9.88. The summed E-state index contributed by atoms with van der Waals surface area (Å²) >= 11 is 0. The average molecular weight is 2630 g/mol. The third kappa shape index (κ3) is 19.0. The maximum atomic E-state index is 10.1. The summed E-state index contributed by atoms with van der Waals surface area (Å²) in [7, 11) is -10.5. The van der Waals surface area contributed by atoms with E-state index >= 15 is 0 Å². The molecule has 5 aliphatic rings. The largest absolute Gasteiger partial charge is 0.477 e. The Kier molecular flexibility index (Phi) is 28.5. The molecule has 0 saturated carbocycles. The van der Waals surface area contributed by atoms with Crippen molar-refractivity contribution in [3.05, 3.63) is 389 Å². The number of pyridine rings is 6. The molecule has 0 unspecified atom stereocenters. The Balaban J connectivity index is 0.000000145. The van der Waals surface area contributed by atoms with Gasteiger partial charge in [-0.05, 0) is 154 Å². The van der Waals surface area contributed by atoms with Crippen LogP contribution in [0.25, 0.3) is 123 Å². The van der Waals surface area contributed by atoms with Crippen LogP contribution in [-0.2, 0) is 101 Å². The second-order valence-electron chi connectivity index (χ2n) is 32.7. The number of aromatic carboxylic acids is 1. The van der Waals surface area contributed by atoms with Crippen LogP contribution in [0.15, 0.2) is 353 Å². The standard InChI is InChI=1S/C25H20NSi.C21H20NSi.3C19H16NSi.C6H5NO2.5Ir/c1-27(2)24-14-7-6-13-21(24)22-16-23(26-17-25(22)27)20-12-8-11-19(15-20)18-9-4-3-5-10-18;1-3-23(4-2)20-13-9-8-12-17(20)18-14-19(22-15-21(18)23)16-10-6-5-7-11-16;3*1-21(2)18-11-7-6-10-15(18)16-12-17(20-13-19(16)21)14-8-4-3-5-9-14;8-6(9)5-3-1-2-4-7-5;;;;;/h3-11,13-17H,1-2H3;5-10,12-15H,3-4H2,1-2H3;3*3-8,10-13H,1-2H3;1-4H,(H,8,9);;;;;/q5*-1;;;;;;/i;;1D3,2D3;;;;;;;;. The molecule has 17 aromatic rings. The summed E-state index contributed by atoms with van der Waals surface area (Å²) in [5.74, 6) is -0.990. The Bertz CT molecular complexity index is 6840. The van der Waals surface area contributed by atoms with Crippen molar-refractivity contribution in [2.75, 3.05) is 0 Å². The monoisotopic (exact) mass is 2630 g/mol. The number of carboxylic acid groups (broad SMARTS) is 1. The summed E-state index contributed by atoms with van der Waals surface area (Å²) in [5, 5.41) is 21.1. The second kappa shape index (κ2) is 41.3. The second-order valence-corrected chi connectivity index (χ2v) is 52.9. The molecule has 11 heterocycles. The first kappa shape index (κ1) is 87.8. The summed E-state index contributed by atoms with van der Waals surface area (Å²) in [6.45, 7) is 13.9. The van der Waals surface area contributed by atoms with E-state index in [0.717, 1.165) is 50.6 Å². The SMILES string of the molecule is CC[Si]1(CC)c2ccccc2-c2cc(-c3[c-]cccc3)ncc21.C[Si]1(C)c2ccccc2-c2cc(-c3[c-]ccc(-c4ccccc4)c3)ncc21.C[Si]1(C)c2ccccc2-c2cc(-c3[c-]cccc3)ncc21.C[Si]1(C)c2ccccc2-c2cc(-c3[c-]cccc3)ncc21.O=C(O)c1ccccn1.[2H]C([2H])([2H])[Si]1(C([2H])([2H])[2H])c2ccccc2-c2cc(-c3[c-]cccc3)ncc21.[Ir].[Ir].[Ir].[Ir].[Ir]. The first-order valence-electron chi connectivity index (χ1n) is 44.4. The molecule has 0 saturated heterocycles. The van der Waals surface area contributed by atoms with Crippen LogP contribution < -0.4 is 51.9 Å². The van der Waals surface area contributed by atoms with Crippen LogP contribution in [-0.4, -0.2) is 81.3 Å². The smallest absolute Gasteiger partial charge is 0.354 e. The summed E-state index contributed by atoms with van der Waals surface area (Å²) in [5.41, 5.74) is 24.6. The fraction of sp³-hybridized carbons (Fsp3) is 0.110. The zero-order valence-electron chi connectivity index (χ0n) is 77.1. The zero-order chi connectivity index (χ0) is 89.3. The molecule has 0 spiro atoms. The molecule has 18 heteroatoms. The molecule has 8 nitrogen and oxygen atoms in total. The van der Waals surface area contributed by atoms with Crippen molar-refractivity contribution in [1.82, 2.24) is 29.9 Å². The normalized spacial score (nSPS) is 14.3. The van der Waals surface area contributed by atoms with E-state index in [2.05, 4.69) is 294 Å². The number of rotatable bonds is 9. The van der Waals surface area contributed by atoms with E-state index in [9.17, 15) is 4.79 Å². The maximum Gasteiger partial charge on any atom is 0.354 e. The van der Waals surface area contributed by atoms with Crippen molar-refractivity contribution < 1.29 is 119 Å². The van der Waals surface area contributed by atoms with Crippen LogP contribution in [0.3, 0.4) is 0 Å². The van der Waals surface area contributed by atoms with Gasteiger partial charge in [-0.1, -0.05) is 266 Å². The van der Waals surface area contributed by atoms with E-state index in [1.807, 2.05) is 84.9 Å². The molecule has 0 bridgehead atoms. The first-order valence-corrected chi connectivity index (χ1v) is 54.8. The molecule has 0 amide bonds. The number of aromatic nitrogens is 6. The summed E-state index contributed by atoms with van der Waals surface area (Å²) < 4.78 is 49.3. The predicted octanol–water partition coefficient (Wildman–Crippen LogP) is 20.0. The average Bonchev–Trinajstić information content (AvgIpc) is 1.52. The molecule has 641 valence electrons. The number of hydrogen-bond acceptors (Lipinski definition) is 7. The quantitative estimate of drug-likeness (QED) is 0.112. The molecule has 11 aromatic carbocycles. The third-order valence-corrected chi connectivity index (χ3v) is 43.0. The van der Waals surface area contributed by atoms with E-state index in [1.165, 1.54) is 122 Å². The van der Waals surface area contributed by atoms with Crippen LogP contribution >= 0.6 is 0 Å². The van der Waals surface area contributed by atoms with Crippen LogP contribution in [0.4, 0.5) is 0 Å². The molecule has 0 aliphatic carbocycles. The Morgan fingerprint density at radius 3 is 0.898 bits per heavy atom. The van der Waals surface area contributed by atoms with E-state index in [1.54, 1.807) is 53.7 Å². The van der Waals surface area contributed by atoms with Gasteiger partial charge < -0.3 is 30.0 Å².